The largest absolute Gasteiger partial charge is 0.478 e. The SMILES string of the molecule is Cc1cccc2c1C(C)C(C)C(C)C2C/C=C/c1ccccc1C(=O)O. The second kappa shape index (κ2) is 7.49. The van der Waals surface area contributed by atoms with E-state index in [2.05, 4.69) is 52.0 Å². The van der Waals surface area contributed by atoms with Gasteiger partial charge in [-0.25, -0.2) is 4.79 Å². The van der Waals surface area contributed by atoms with E-state index in [4.69, 9.17) is 0 Å². The van der Waals surface area contributed by atoms with Gasteiger partial charge in [-0.1, -0.05) is 69.3 Å². The lowest BCUT2D eigenvalue weighted by Gasteiger charge is -2.41. The van der Waals surface area contributed by atoms with Gasteiger partial charge in [0.05, 0.1) is 5.56 Å². The Hall–Kier alpha value is -2.35. The first-order valence-corrected chi connectivity index (χ1v) is 9.50. The molecule has 0 amide bonds. The van der Waals surface area contributed by atoms with Gasteiger partial charge >= 0.3 is 5.97 Å². The predicted octanol–water partition coefficient (Wildman–Crippen LogP) is 6.27. The van der Waals surface area contributed by atoms with Crippen LogP contribution in [0.2, 0.25) is 0 Å². The summed E-state index contributed by atoms with van der Waals surface area (Å²) in [7, 11) is 0. The van der Waals surface area contributed by atoms with Gasteiger partial charge in [-0.15, -0.1) is 0 Å². The number of benzene rings is 2. The van der Waals surface area contributed by atoms with E-state index in [1.54, 1.807) is 12.1 Å². The van der Waals surface area contributed by atoms with Crippen molar-refractivity contribution in [3.63, 3.8) is 0 Å². The normalized spacial score (nSPS) is 25.2. The first-order chi connectivity index (χ1) is 12.4. The summed E-state index contributed by atoms with van der Waals surface area (Å²) in [6.45, 7) is 9.29. The molecule has 0 heterocycles. The van der Waals surface area contributed by atoms with Crippen LogP contribution in [0, 0.1) is 18.8 Å². The molecule has 136 valence electrons. The summed E-state index contributed by atoms with van der Waals surface area (Å²) >= 11 is 0. The highest BCUT2D eigenvalue weighted by Crippen LogP contribution is 2.48. The van der Waals surface area contributed by atoms with E-state index >= 15 is 0 Å². The molecule has 2 aromatic rings. The van der Waals surface area contributed by atoms with Gasteiger partial charge in [0, 0.05) is 0 Å². The lowest BCUT2D eigenvalue weighted by Crippen LogP contribution is -2.29. The van der Waals surface area contributed by atoms with Crippen molar-refractivity contribution in [1.82, 2.24) is 0 Å². The molecule has 1 N–H and O–H groups in total. The quantitative estimate of drug-likeness (QED) is 0.707. The van der Waals surface area contributed by atoms with Crippen LogP contribution < -0.4 is 0 Å². The van der Waals surface area contributed by atoms with Crippen molar-refractivity contribution in [2.24, 2.45) is 11.8 Å². The fourth-order valence-electron chi connectivity index (χ4n) is 4.54. The van der Waals surface area contributed by atoms with Crippen LogP contribution in [0.3, 0.4) is 0 Å². The second-order valence-corrected chi connectivity index (χ2v) is 7.72. The van der Waals surface area contributed by atoms with E-state index in [0.29, 0.717) is 29.2 Å². The molecule has 2 nitrogen and oxygen atoms in total. The molecule has 0 radical (unpaired) electrons. The van der Waals surface area contributed by atoms with Crippen molar-refractivity contribution >= 4 is 12.0 Å². The van der Waals surface area contributed by atoms with E-state index in [9.17, 15) is 9.90 Å². The molecule has 0 spiro atoms. The minimum atomic E-state index is -0.875. The number of aryl methyl sites for hydroxylation is 1. The lowest BCUT2D eigenvalue weighted by molar-refractivity contribution is 0.0696. The lowest BCUT2D eigenvalue weighted by atomic mass is 9.64. The molecular formula is C24H28O2. The molecule has 1 aliphatic carbocycles. The Kier molecular flexibility index (Phi) is 5.31. The minimum absolute atomic E-state index is 0.360. The third-order valence-electron chi connectivity index (χ3n) is 6.34. The monoisotopic (exact) mass is 348 g/mol. The van der Waals surface area contributed by atoms with Gasteiger partial charge < -0.3 is 5.11 Å². The van der Waals surface area contributed by atoms with Crippen LogP contribution in [0.15, 0.2) is 48.5 Å². The highest BCUT2D eigenvalue weighted by Gasteiger charge is 2.35. The average molecular weight is 348 g/mol. The Labute approximate surface area is 156 Å². The number of carboxylic acids is 1. The summed E-state index contributed by atoms with van der Waals surface area (Å²) in [5, 5.41) is 9.35. The van der Waals surface area contributed by atoms with Gasteiger partial charge in [0.2, 0.25) is 0 Å². The summed E-state index contributed by atoms with van der Waals surface area (Å²) in [6.07, 6.45) is 5.05. The van der Waals surface area contributed by atoms with E-state index in [-0.39, 0.29) is 0 Å². The smallest absolute Gasteiger partial charge is 0.336 e. The second-order valence-electron chi connectivity index (χ2n) is 7.72. The van der Waals surface area contributed by atoms with E-state index in [1.807, 2.05) is 18.2 Å². The zero-order valence-corrected chi connectivity index (χ0v) is 16.1. The number of allylic oxidation sites excluding steroid dienone is 1. The molecule has 0 aliphatic heterocycles. The summed E-state index contributed by atoms with van der Waals surface area (Å²) in [5.41, 5.74) is 5.51. The van der Waals surface area contributed by atoms with Crippen LogP contribution in [0.5, 0.6) is 0 Å². The number of hydrogen-bond donors (Lipinski definition) is 1. The van der Waals surface area contributed by atoms with E-state index in [1.165, 1.54) is 16.7 Å². The minimum Gasteiger partial charge on any atom is -0.478 e. The van der Waals surface area contributed by atoms with Gasteiger partial charge in [-0.3, -0.25) is 0 Å². The van der Waals surface area contributed by atoms with Crippen molar-refractivity contribution < 1.29 is 9.90 Å². The number of rotatable bonds is 4. The number of hydrogen-bond acceptors (Lipinski definition) is 1. The van der Waals surface area contributed by atoms with Gasteiger partial charge in [0.15, 0.2) is 0 Å². The Bertz CT molecular complexity index is 834. The summed E-state index contributed by atoms with van der Waals surface area (Å²) in [5.74, 6) is 1.41. The Balaban J connectivity index is 1.90. The first kappa shape index (κ1) is 18.4. The van der Waals surface area contributed by atoms with Crippen molar-refractivity contribution in [3.05, 3.63) is 76.4 Å². The third-order valence-corrected chi connectivity index (χ3v) is 6.34. The maximum Gasteiger partial charge on any atom is 0.336 e. The van der Waals surface area contributed by atoms with Crippen molar-refractivity contribution in [2.75, 3.05) is 0 Å². The molecule has 0 bridgehead atoms. The zero-order chi connectivity index (χ0) is 18.8. The Morgan fingerprint density at radius 3 is 2.50 bits per heavy atom. The van der Waals surface area contributed by atoms with Gasteiger partial charge in [-0.05, 0) is 65.3 Å². The van der Waals surface area contributed by atoms with Crippen LogP contribution in [-0.4, -0.2) is 11.1 Å². The van der Waals surface area contributed by atoms with Crippen molar-refractivity contribution in [2.45, 2.75) is 46.0 Å². The summed E-state index contributed by atoms with van der Waals surface area (Å²) in [4.78, 5) is 11.4. The molecule has 4 atom stereocenters. The number of aromatic carboxylic acids is 1. The highest BCUT2D eigenvalue weighted by atomic mass is 16.4. The molecule has 3 rings (SSSR count). The Morgan fingerprint density at radius 1 is 1.04 bits per heavy atom. The van der Waals surface area contributed by atoms with Gasteiger partial charge in [0.25, 0.3) is 0 Å². The Morgan fingerprint density at radius 2 is 1.77 bits per heavy atom. The van der Waals surface area contributed by atoms with Crippen LogP contribution in [0.1, 0.15) is 71.6 Å². The van der Waals surface area contributed by atoms with E-state index < -0.39 is 5.97 Å². The molecule has 0 fully saturated rings. The number of carbonyl (C=O) groups is 1. The molecule has 0 saturated heterocycles. The molecule has 2 aromatic carbocycles. The average Bonchev–Trinajstić information content (AvgIpc) is 2.62. The number of carboxylic acid groups (broad SMARTS) is 1. The van der Waals surface area contributed by atoms with Crippen molar-refractivity contribution in [3.8, 4) is 0 Å². The number of fused-ring (bicyclic) bond motifs is 1. The van der Waals surface area contributed by atoms with Crippen LogP contribution >= 0.6 is 0 Å². The van der Waals surface area contributed by atoms with E-state index in [0.717, 1.165) is 12.0 Å². The molecule has 26 heavy (non-hydrogen) atoms. The zero-order valence-electron chi connectivity index (χ0n) is 16.1. The molecule has 0 aromatic heterocycles. The van der Waals surface area contributed by atoms with Crippen LogP contribution in [0.4, 0.5) is 0 Å². The highest BCUT2D eigenvalue weighted by molar-refractivity contribution is 5.92. The summed E-state index contributed by atoms with van der Waals surface area (Å²) in [6, 6.07) is 13.9. The molecule has 4 unspecified atom stereocenters. The van der Waals surface area contributed by atoms with Gasteiger partial charge in [0.1, 0.15) is 0 Å². The van der Waals surface area contributed by atoms with Crippen molar-refractivity contribution in [1.29, 1.82) is 0 Å². The third kappa shape index (κ3) is 3.33. The maximum absolute atomic E-state index is 11.4. The molecular weight excluding hydrogens is 320 g/mol. The van der Waals surface area contributed by atoms with Gasteiger partial charge in [-0.2, -0.15) is 0 Å². The molecule has 2 heteroatoms. The maximum atomic E-state index is 11.4. The predicted molar refractivity (Wildman–Crippen MR) is 108 cm³/mol. The van der Waals surface area contributed by atoms with Crippen LogP contribution in [-0.2, 0) is 0 Å². The first-order valence-electron chi connectivity index (χ1n) is 9.50. The topological polar surface area (TPSA) is 37.3 Å². The standard InChI is InChI=1S/C24H28O2/c1-15-9-7-14-22-20(17(3)16(2)18(4)23(15)22)13-8-11-19-10-5-6-12-21(19)24(25)26/h5-12,14,16-18,20H,13H2,1-4H3,(H,25,26)/b11-8+. The van der Waals surface area contributed by atoms with Crippen LogP contribution in [0.25, 0.3) is 6.08 Å². The molecule has 1 aliphatic rings. The summed E-state index contributed by atoms with van der Waals surface area (Å²) < 4.78 is 0. The fourth-order valence-corrected chi connectivity index (χ4v) is 4.54. The molecule has 0 saturated carbocycles. The fraction of sp³-hybridized carbons (Fsp3) is 0.375.